The molecule has 0 aromatic heterocycles. The lowest BCUT2D eigenvalue weighted by Crippen LogP contribution is -2.19. The Morgan fingerprint density at radius 1 is 1.33 bits per heavy atom. The molecule has 0 aliphatic heterocycles. The Morgan fingerprint density at radius 3 is 2.53 bits per heavy atom. The molecule has 0 amide bonds. The third kappa shape index (κ3) is 3.91. The average molecular weight is 304 g/mol. The second-order valence-corrected chi connectivity index (χ2v) is 3.72. The van der Waals surface area contributed by atoms with E-state index in [2.05, 4.69) is 20.7 Å². The molecule has 0 spiro atoms. The molecule has 0 saturated heterocycles. The predicted molar refractivity (Wildman–Crippen MR) is 55.6 cm³/mol. The Bertz CT molecular complexity index is 341. The summed E-state index contributed by atoms with van der Waals surface area (Å²) in [5, 5.41) is 0.728. The molecule has 0 heterocycles. The molecule has 0 fully saturated rings. The minimum atomic E-state index is -4.34. The molecule has 1 aromatic carbocycles. The SMILES string of the molecule is FC(F)(F)COc1cccc(Cl)c1CBr. The maximum atomic E-state index is 11.9. The van der Waals surface area contributed by atoms with Crippen LogP contribution in [-0.2, 0) is 5.33 Å². The minimum absolute atomic E-state index is 0.150. The summed E-state index contributed by atoms with van der Waals surface area (Å²) in [4.78, 5) is 0. The number of hydrogen-bond donors (Lipinski definition) is 0. The molecule has 1 rings (SSSR count). The summed E-state index contributed by atoms with van der Waals surface area (Å²) < 4.78 is 40.4. The highest BCUT2D eigenvalue weighted by molar-refractivity contribution is 9.08. The van der Waals surface area contributed by atoms with E-state index in [0.29, 0.717) is 15.9 Å². The van der Waals surface area contributed by atoms with Crippen molar-refractivity contribution in [1.82, 2.24) is 0 Å². The minimum Gasteiger partial charge on any atom is -0.484 e. The molecule has 0 radical (unpaired) electrons. The Kier molecular flexibility index (Phi) is 4.28. The van der Waals surface area contributed by atoms with Crippen molar-refractivity contribution in [2.45, 2.75) is 11.5 Å². The van der Waals surface area contributed by atoms with Crippen molar-refractivity contribution < 1.29 is 17.9 Å². The van der Waals surface area contributed by atoms with E-state index >= 15 is 0 Å². The smallest absolute Gasteiger partial charge is 0.422 e. The molecule has 15 heavy (non-hydrogen) atoms. The van der Waals surface area contributed by atoms with E-state index in [4.69, 9.17) is 11.6 Å². The van der Waals surface area contributed by atoms with Crippen LogP contribution in [0, 0.1) is 0 Å². The van der Waals surface area contributed by atoms with Crippen LogP contribution in [0.5, 0.6) is 5.75 Å². The van der Waals surface area contributed by atoms with Gasteiger partial charge < -0.3 is 4.74 Å². The van der Waals surface area contributed by atoms with Gasteiger partial charge in [0, 0.05) is 15.9 Å². The van der Waals surface area contributed by atoms with Crippen LogP contribution in [-0.4, -0.2) is 12.8 Å². The van der Waals surface area contributed by atoms with Gasteiger partial charge in [-0.2, -0.15) is 13.2 Å². The van der Waals surface area contributed by atoms with Gasteiger partial charge in [-0.3, -0.25) is 0 Å². The Labute approximate surface area is 98.3 Å². The highest BCUT2D eigenvalue weighted by Crippen LogP contribution is 2.29. The van der Waals surface area contributed by atoms with Crippen molar-refractivity contribution in [3.63, 3.8) is 0 Å². The number of ether oxygens (including phenoxy) is 1. The Balaban J connectivity index is 2.81. The summed E-state index contributed by atoms with van der Waals surface area (Å²) in [6, 6.07) is 4.59. The van der Waals surface area contributed by atoms with Crippen molar-refractivity contribution in [3.05, 3.63) is 28.8 Å². The molecule has 0 saturated carbocycles. The lowest BCUT2D eigenvalue weighted by atomic mass is 10.2. The summed E-state index contributed by atoms with van der Waals surface area (Å²) in [5.41, 5.74) is 0.517. The molecule has 6 heteroatoms. The quantitative estimate of drug-likeness (QED) is 0.761. The number of hydrogen-bond acceptors (Lipinski definition) is 1. The third-order valence-corrected chi connectivity index (χ3v) is 2.52. The van der Waals surface area contributed by atoms with E-state index in [0.717, 1.165) is 0 Å². The Morgan fingerprint density at radius 2 is 2.00 bits per heavy atom. The summed E-state index contributed by atoms with van der Waals surface area (Å²) in [6.45, 7) is -1.31. The highest BCUT2D eigenvalue weighted by atomic mass is 79.9. The highest BCUT2D eigenvalue weighted by Gasteiger charge is 2.28. The molecule has 0 N–H and O–H groups in total. The Hall–Kier alpha value is -0.420. The van der Waals surface area contributed by atoms with Crippen LogP contribution in [0.25, 0.3) is 0 Å². The number of alkyl halides is 4. The summed E-state index contributed by atoms with van der Waals surface area (Å²) >= 11 is 8.92. The zero-order valence-electron chi connectivity index (χ0n) is 7.44. The van der Waals surface area contributed by atoms with E-state index in [1.165, 1.54) is 6.07 Å². The molecule has 0 bridgehead atoms. The molecule has 84 valence electrons. The van der Waals surface area contributed by atoms with E-state index in [1.54, 1.807) is 12.1 Å². The molecule has 0 aliphatic carbocycles. The van der Waals surface area contributed by atoms with Gasteiger partial charge in [0.25, 0.3) is 0 Å². The van der Waals surface area contributed by atoms with Crippen molar-refractivity contribution in [2.75, 3.05) is 6.61 Å². The fraction of sp³-hybridized carbons (Fsp3) is 0.333. The van der Waals surface area contributed by atoms with Gasteiger partial charge in [0.05, 0.1) is 0 Å². The lowest BCUT2D eigenvalue weighted by Gasteiger charge is -2.12. The van der Waals surface area contributed by atoms with E-state index in [-0.39, 0.29) is 5.75 Å². The molecule has 0 aliphatic rings. The first-order chi connectivity index (χ1) is 6.94. The van der Waals surface area contributed by atoms with Crippen LogP contribution in [0.2, 0.25) is 5.02 Å². The van der Waals surface area contributed by atoms with Crippen LogP contribution in [0.3, 0.4) is 0 Å². The van der Waals surface area contributed by atoms with E-state index in [1.807, 2.05) is 0 Å². The predicted octanol–water partition coefficient (Wildman–Crippen LogP) is 4.18. The number of rotatable bonds is 3. The van der Waals surface area contributed by atoms with Crippen molar-refractivity contribution in [1.29, 1.82) is 0 Å². The van der Waals surface area contributed by atoms with E-state index in [9.17, 15) is 13.2 Å². The van der Waals surface area contributed by atoms with Gasteiger partial charge in [0.15, 0.2) is 6.61 Å². The summed E-state index contributed by atoms with van der Waals surface area (Å²) in [6.07, 6.45) is -4.34. The topological polar surface area (TPSA) is 9.23 Å². The van der Waals surface area contributed by atoms with Gasteiger partial charge in [-0.25, -0.2) is 0 Å². The van der Waals surface area contributed by atoms with Gasteiger partial charge >= 0.3 is 6.18 Å². The number of halogens is 5. The molecular formula is C9H7BrClF3O. The normalized spacial score (nSPS) is 11.5. The van der Waals surface area contributed by atoms with Crippen LogP contribution in [0.4, 0.5) is 13.2 Å². The molecule has 1 nitrogen and oxygen atoms in total. The monoisotopic (exact) mass is 302 g/mol. The fourth-order valence-corrected chi connectivity index (χ4v) is 1.94. The first-order valence-electron chi connectivity index (χ1n) is 3.97. The van der Waals surface area contributed by atoms with Crippen LogP contribution < -0.4 is 4.74 Å². The van der Waals surface area contributed by atoms with Crippen LogP contribution >= 0.6 is 27.5 Å². The zero-order valence-corrected chi connectivity index (χ0v) is 9.79. The van der Waals surface area contributed by atoms with E-state index < -0.39 is 12.8 Å². The average Bonchev–Trinajstić information content (AvgIpc) is 2.13. The molecular weight excluding hydrogens is 296 g/mol. The maximum Gasteiger partial charge on any atom is 0.422 e. The molecule has 1 aromatic rings. The van der Waals surface area contributed by atoms with Crippen molar-refractivity contribution in [2.24, 2.45) is 0 Å². The van der Waals surface area contributed by atoms with Crippen molar-refractivity contribution >= 4 is 27.5 Å². The second kappa shape index (κ2) is 5.07. The van der Waals surface area contributed by atoms with Crippen LogP contribution in [0.1, 0.15) is 5.56 Å². The van der Waals surface area contributed by atoms with Gasteiger partial charge in [-0.1, -0.05) is 33.6 Å². The molecule has 0 unspecified atom stereocenters. The van der Waals surface area contributed by atoms with Gasteiger partial charge in [-0.05, 0) is 12.1 Å². The second-order valence-electron chi connectivity index (χ2n) is 2.75. The standard InChI is InChI=1S/C9H7BrClF3O/c10-4-6-7(11)2-1-3-8(6)15-5-9(12,13)14/h1-3H,4-5H2. The largest absolute Gasteiger partial charge is 0.484 e. The van der Waals surface area contributed by atoms with Gasteiger partial charge in [-0.15, -0.1) is 0 Å². The molecule has 0 atom stereocenters. The first-order valence-corrected chi connectivity index (χ1v) is 5.47. The summed E-state index contributed by atoms with van der Waals surface area (Å²) in [5.74, 6) is 0.150. The fourth-order valence-electron chi connectivity index (χ4n) is 0.963. The maximum absolute atomic E-state index is 11.9. The lowest BCUT2D eigenvalue weighted by molar-refractivity contribution is -0.153. The zero-order chi connectivity index (χ0) is 11.5. The van der Waals surface area contributed by atoms with Gasteiger partial charge in [0.2, 0.25) is 0 Å². The van der Waals surface area contributed by atoms with Crippen LogP contribution in [0.15, 0.2) is 18.2 Å². The number of benzene rings is 1. The van der Waals surface area contributed by atoms with Gasteiger partial charge in [0.1, 0.15) is 5.75 Å². The first kappa shape index (κ1) is 12.6. The third-order valence-electron chi connectivity index (χ3n) is 1.60. The van der Waals surface area contributed by atoms with Crippen molar-refractivity contribution in [3.8, 4) is 5.75 Å². The summed E-state index contributed by atoms with van der Waals surface area (Å²) in [7, 11) is 0.